The van der Waals surface area contributed by atoms with Gasteiger partial charge in [0.25, 0.3) is 0 Å². The van der Waals surface area contributed by atoms with Gasteiger partial charge < -0.3 is 0 Å². The highest BCUT2D eigenvalue weighted by Crippen LogP contribution is 2.16. The third kappa shape index (κ3) is 3.69. The van der Waals surface area contributed by atoms with Crippen LogP contribution in [0.25, 0.3) is 0 Å². The SMILES string of the molecule is CCCCCC(=O)n1nc(C)c(CCCC)c1C. The van der Waals surface area contributed by atoms with Crippen molar-refractivity contribution in [1.82, 2.24) is 9.78 Å². The fraction of sp³-hybridized carbons (Fsp3) is 0.733. The fourth-order valence-electron chi connectivity index (χ4n) is 2.27. The monoisotopic (exact) mass is 250 g/mol. The van der Waals surface area contributed by atoms with E-state index in [2.05, 4.69) is 18.9 Å². The van der Waals surface area contributed by atoms with Gasteiger partial charge in [-0.3, -0.25) is 4.79 Å². The molecule has 0 spiro atoms. The molecule has 0 saturated heterocycles. The van der Waals surface area contributed by atoms with Gasteiger partial charge in [0.1, 0.15) is 0 Å². The van der Waals surface area contributed by atoms with Gasteiger partial charge in [-0.2, -0.15) is 5.10 Å². The van der Waals surface area contributed by atoms with E-state index in [1.165, 1.54) is 12.0 Å². The molecule has 0 radical (unpaired) electrons. The van der Waals surface area contributed by atoms with Crippen LogP contribution in [0.1, 0.15) is 74.1 Å². The lowest BCUT2D eigenvalue weighted by Gasteiger charge is -2.04. The first-order chi connectivity index (χ1) is 8.61. The third-order valence-corrected chi connectivity index (χ3v) is 3.45. The molecule has 0 N–H and O–H groups in total. The zero-order valence-corrected chi connectivity index (χ0v) is 12.3. The Bertz CT molecular complexity index is 393. The molecular weight excluding hydrogens is 224 g/mol. The number of nitrogens with zero attached hydrogens (tertiary/aromatic N) is 2. The lowest BCUT2D eigenvalue weighted by molar-refractivity contribution is 0.0880. The molecule has 1 aromatic rings. The minimum Gasteiger partial charge on any atom is -0.273 e. The summed E-state index contributed by atoms with van der Waals surface area (Å²) in [7, 11) is 0. The second-order valence-corrected chi connectivity index (χ2v) is 5.02. The van der Waals surface area contributed by atoms with Crippen LogP contribution in [0.4, 0.5) is 0 Å². The molecule has 0 aromatic carbocycles. The Morgan fingerprint density at radius 1 is 1.11 bits per heavy atom. The van der Waals surface area contributed by atoms with E-state index in [0.717, 1.165) is 43.5 Å². The van der Waals surface area contributed by atoms with Crippen molar-refractivity contribution in [3.63, 3.8) is 0 Å². The van der Waals surface area contributed by atoms with Crippen molar-refractivity contribution in [2.24, 2.45) is 0 Å². The van der Waals surface area contributed by atoms with Crippen LogP contribution in [0.15, 0.2) is 0 Å². The summed E-state index contributed by atoms with van der Waals surface area (Å²) in [5.74, 6) is 0.145. The summed E-state index contributed by atoms with van der Waals surface area (Å²) in [6.07, 6.45) is 7.23. The second-order valence-electron chi connectivity index (χ2n) is 5.02. The van der Waals surface area contributed by atoms with Gasteiger partial charge in [0, 0.05) is 12.1 Å². The Labute approximate surface area is 111 Å². The molecule has 0 aliphatic rings. The highest BCUT2D eigenvalue weighted by Gasteiger charge is 2.15. The molecule has 1 aromatic heterocycles. The number of aromatic nitrogens is 2. The molecule has 1 rings (SSSR count). The van der Waals surface area contributed by atoms with Gasteiger partial charge in [0.15, 0.2) is 0 Å². The van der Waals surface area contributed by atoms with Gasteiger partial charge >= 0.3 is 0 Å². The highest BCUT2D eigenvalue weighted by molar-refractivity contribution is 5.79. The number of rotatable bonds is 7. The zero-order valence-electron chi connectivity index (χ0n) is 12.3. The Morgan fingerprint density at radius 3 is 2.39 bits per heavy atom. The summed E-state index contributed by atoms with van der Waals surface area (Å²) in [6.45, 7) is 8.36. The smallest absolute Gasteiger partial charge is 0.247 e. The van der Waals surface area contributed by atoms with E-state index in [9.17, 15) is 4.79 Å². The number of unbranched alkanes of at least 4 members (excludes halogenated alkanes) is 3. The topological polar surface area (TPSA) is 34.9 Å². The molecular formula is C15H26N2O. The number of hydrogen-bond donors (Lipinski definition) is 0. The van der Waals surface area contributed by atoms with Gasteiger partial charge in [-0.25, -0.2) is 4.68 Å². The summed E-state index contributed by atoms with van der Waals surface area (Å²) in [4.78, 5) is 12.1. The molecule has 0 saturated carbocycles. The predicted octanol–water partition coefficient (Wildman–Crippen LogP) is 4.06. The first-order valence-corrected chi connectivity index (χ1v) is 7.20. The van der Waals surface area contributed by atoms with Gasteiger partial charge in [-0.05, 0) is 38.7 Å². The van der Waals surface area contributed by atoms with Gasteiger partial charge in [0.2, 0.25) is 5.91 Å². The predicted molar refractivity (Wildman–Crippen MR) is 75.1 cm³/mol. The average molecular weight is 250 g/mol. The highest BCUT2D eigenvalue weighted by atomic mass is 16.2. The Kier molecular flexibility index (Phi) is 6.10. The van der Waals surface area contributed by atoms with E-state index in [4.69, 9.17) is 0 Å². The van der Waals surface area contributed by atoms with Crippen molar-refractivity contribution in [2.75, 3.05) is 0 Å². The van der Waals surface area contributed by atoms with Crippen molar-refractivity contribution >= 4 is 5.91 Å². The van der Waals surface area contributed by atoms with E-state index < -0.39 is 0 Å². The molecule has 3 nitrogen and oxygen atoms in total. The minimum atomic E-state index is 0.145. The molecule has 0 unspecified atom stereocenters. The van der Waals surface area contributed by atoms with Crippen LogP contribution < -0.4 is 0 Å². The standard InChI is InChI=1S/C15H26N2O/c1-5-7-9-11-15(18)17-13(4)14(10-8-6-2)12(3)16-17/h5-11H2,1-4H3. The van der Waals surface area contributed by atoms with E-state index in [1.807, 2.05) is 13.8 Å². The second kappa shape index (κ2) is 7.34. The molecule has 0 fully saturated rings. The van der Waals surface area contributed by atoms with Crippen molar-refractivity contribution in [3.8, 4) is 0 Å². The van der Waals surface area contributed by atoms with E-state index in [0.29, 0.717) is 6.42 Å². The number of carbonyl (C=O) groups is 1. The molecule has 0 aliphatic carbocycles. The maximum atomic E-state index is 12.1. The summed E-state index contributed by atoms with van der Waals surface area (Å²) < 4.78 is 1.62. The van der Waals surface area contributed by atoms with Crippen molar-refractivity contribution in [1.29, 1.82) is 0 Å². The zero-order chi connectivity index (χ0) is 13.5. The normalized spacial score (nSPS) is 10.9. The molecule has 102 valence electrons. The van der Waals surface area contributed by atoms with Crippen LogP contribution >= 0.6 is 0 Å². The van der Waals surface area contributed by atoms with Crippen LogP contribution in [0, 0.1) is 13.8 Å². The summed E-state index contributed by atoms with van der Waals surface area (Å²) in [6, 6.07) is 0. The van der Waals surface area contributed by atoms with Crippen molar-refractivity contribution in [3.05, 3.63) is 17.0 Å². The molecule has 0 aliphatic heterocycles. The molecule has 18 heavy (non-hydrogen) atoms. The summed E-state index contributed by atoms with van der Waals surface area (Å²) in [5.41, 5.74) is 3.33. The average Bonchev–Trinajstić information content (AvgIpc) is 2.63. The van der Waals surface area contributed by atoms with Crippen molar-refractivity contribution in [2.45, 2.75) is 72.6 Å². The van der Waals surface area contributed by atoms with Gasteiger partial charge in [-0.15, -0.1) is 0 Å². The van der Waals surface area contributed by atoms with Gasteiger partial charge in [-0.1, -0.05) is 33.1 Å². The molecule has 3 heteroatoms. The molecule has 0 bridgehead atoms. The first-order valence-electron chi connectivity index (χ1n) is 7.20. The van der Waals surface area contributed by atoms with Gasteiger partial charge in [0.05, 0.1) is 5.69 Å². The van der Waals surface area contributed by atoms with Crippen LogP contribution in [-0.4, -0.2) is 15.7 Å². The maximum absolute atomic E-state index is 12.1. The fourth-order valence-corrected chi connectivity index (χ4v) is 2.27. The molecule has 0 atom stereocenters. The van der Waals surface area contributed by atoms with Crippen LogP contribution in [-0.2, 0) is 6.42 Å². The number of carbonyl (C=O) groups excluding carboxylic acids is 1. The quantitative estimate of drug-likeness (QED) is 0.684. The van der Waals surface area contributed by atoms with Crippen LogP contribution in [0.2, 0.25) is 0 Å². The van der Waals surface area contributed by atoms with E-state index in [-0.39, 0.29) is 5.91 Å². The van der Waals surface area contributed by atoms with Crippen LogP contribution in [0.3, 0.4) is 0 Å². The van der Waals surface area contributed by atoms with E-state index in [1.54, 1.807) is 4.68 Å². The third-order valence-electron chi connectivity index (χ3n) is 3.45. The first kappa shape index (κ1) is 14.9. The lowest BCUT2D eigenvalue weighted by Crippen LogP contribution is -2.14. The lowest BCUT2D eigenvalue weighted by atomic mass is 10.1. The van der Waals surface area contributed by atoms with Crippen LogP contribution in [0.5, 0.6) is 0 Å². The van der Waals surface area contributed by atoms with Crippen molar-refractivity contribution < 1.29 is 4.79 Å². The summed E-state index contributed by atoms with van der Waals surface area (Å²) in [5, 5.41) is 4.41. The number of hydrogen-bond acceptors (Lipinski definition) is 2. The van der Waals surface area contributed by atoms with E-state index >= 15 is 0 Å². The minimum absolute atomic E-state index is 0.145. The number of aryl methyl sites for hydroxylation is 1. The Hall–Kier alpha value is -1.12. The largest absolute Gasteiger partial charge is 0.273 e. The molecule has 0 amide bonds. The molecule has 1 heterocycles. The maximum Gasteiger partial charge on any atom is 0.247 e. The summed E-state index contributed by atoms with van der Waals surface area (Å²) >= 11 is 0. The Morgan fingerprint density at radius 2 is 1.78 bits per heavy atom. The Balaban J connectivity index is 2.74.